The van der Waals surface area contributed by atoms with Gasteiger partial charge in [-0.15, -0.1) is 0 Å². The van der Waals surface area contributed by atoms with Gasteiger partial charge in [0.1, 0.15) is 0 Å². The van der Waals surface area contributed by atoms with Crippen LogP contribution < -0.4 is 4.90 Å². The Bertz CT molecular complexity index is 659. The minimum atomic E-state index is -1.09. The summed E-state index contributed by atoms with van der Waals surface area (Å²) in [6.45, 7) is 4.96. The summed E-state index contributed by atoms with van der Waals surface area (Å²) in [5.74, 6) is -0.622. The minimum Gasteiger partial charge on any atom is -0.476 e. The SMILES string of the molecule is Cc1ccc(N2CCOCC2)c(-c2cc(C(=O)O)no2)c1. The average Bonchev–Trinajstić information content (AvgIpc) is 2.98. The number of carboxylic acids is 1. The molecule has 2 heterocycles. The van der Waals surface area contributed by atoms with Gasteiger partial charge in [0.15, 0.2) is 11.5 Å². The zero-order chi connectivity index (χ0) is 14.8. The van der Waals surface area contributed by atoms with Crippen LogP contribution in [0.1, 0.15) is 16.1 Å². The second kappa shape index (κ2) is 5.57. The van der Waals surface area contributed by atoms with Crippen LogP contribution in [-0.2, 0) is 4.74 Å². The Labute approximate surface area is 121 Å². The first-order valence-electron chi connectivity index (χ1n) is 6.79. The van der Waals surface area contributed by atoms with Crippen LogP contribution in [0.25, 0.3) is 11.3 Å². The van der Waals surface area contributed by atoms with Gasteiger partial charge in [-0.25, -0.2) is 4.79 Å². The quantitative estimate of drug-likeness (QED) is 0.933. The summed E-state index contributed by atoms with van der Waals surface area (Å²) >= 11 is 0. The fraction of sp³-hybridized carbons (Fsp3) is 0.333. The van der Waals surface area contributed by atoms with Crippen LogP contribution in [0.2, 0.25) is 0 Å². The van der Waals surface area contributed by atoms with Gasteiger partial charge in [0.25, 0.3) is 0 Å². The maximum Gasteiger partial charge on any atom is 0.358 e. The van der Waals surface area contributed by atoms with Crippen molar-refractivity contribution in [1.82, 2.24) is 5.16 Å². The summed E-state index contributed by atoms with van der Waals surface area (Å²) in [6.07, 6.45) is 0. The number of morpholine rings is 1. The van der Waals surface area contributed by atoms with E-state index in [9.17, 15) is 4.79 Å². The molecule has 2 aromatic rings. The maximum absolute atomic E-state index is 10.9. The lowest BCUT2D eigenvalue weighted by atomic mass is 10.1. The summed E-state index contributed by atoms with van der Waals surface area (Å²) in [4.78, 5) is 13.2. The van der Waals surface area contributed by atoms with E-state index in [1.54, 1.807) is 0 Å². The van der Waals surface area contributed by atoms with Gasteiger partial charge in [-0.3, -0.25) is 0 Å². The van der Waals surface area contributed by atoms with Crippen LogP contribution in [0, 0.1) is 6.92 Å². The molecular weight excluding hydrogens is 272 g/mol. The van der Waals surface area contributed by atoms with Crippen molar-refractivity contribution in [2.24, 2.45) is 0 Å². The third kappa shape index (κ3) is 2.75. The zero-order valence-corrected chi connectivity index (χ0v) is 11.7. The standard InChI is InChI=1S/C15H16N2O4/c1-10-2-3-13(17-4-6-20-7-5-17)11(8-10)14-9-12(15(18)19)16-21-14/h2-3,8-9H,4-7H2,1H3,(H,18,19). The lowest BCUT2D eigenvalue weighted by molar-refractivity contribution is 0.0686. The molecule has 0 spiro atoms. The summed E-state index contributed by atoms with van der Waals surface area (Å²) in [5, 5.41) is 12.6. The Hall–Kier alpha value is -2.34. The highest BCUT2D eigenvalue weighted by Crippen LogP contribution is 2.32. The van der Waals surface area contributed by atoms with E-state index < -0.39 is 5.97 Å². The smallest absolute Gasteiger partial charge is 0.358 e. The highest BCUT2D eigenvalue weighted by atomic mass is 16.5. The maximum atomic E-state index is 10.9. The highest BCUT2D eigenvalue weighted by Gasteiger charge is 2.19. The molecule has 1 N–H and O–H groups in total. The Morgan fingerprint density at radius 1 is 1.29 bits per heavy atom. The topological polar surface area (TPSA) is 75.8 Å². The van der Waals surface area contributed by atoms with Gasteiger partial charge in [0.05, 0.1) is 13.2 Å². The molecule has 110 valence electrons. The van der Waals surface area contributed by atoms with Crippen LogP contribution in [0.15, 0.2) is 28.8 Å². The van der Waals surface area contributed by atoms with Gasteiger partial charge >= 0.3 is 5.97 Å². The zero-order valence-electron chi connectivity index (χ0n) is 11.7. The van der Waals surface area contributed by atoms with Crippen molar-refractivity contribution in [2.45, 2.75) is 6.92 Å². The van der Waals surface area contributed by atoms with Crippen LogP contribution in [0.4, 0.5) is 5.69 Å². The molecule has 21 heavy (non-hydrogen) atoms. The van der Waals surface area contributed by atoms with E-state index >= 15 is 0 Å². The number of aromatic carboxylic acids is 1. The first kappa shape index (κ1) is 13.6. The molecule has 0 radical (unpaired) electrons. The highest BCUT2D eigenvalue weighted by molar-refractivity contribution is 5.87. The number of hydrogen-bond acceptors (Lipinski definition) is 5. The molecule has 0 saturated carbocycles. The van der Waals surface area contributed by atoms with Gasteiger partial charge in [-0.05, 0) is 19.1 Å². The number of ether oxygens (including phenoxy) is 1. The number of anilines is 1. The molecule has 1 aliphatic heterocycles. The summed E-state index contributed by atoms with van der Waals surface area (Å²) in [7, 11) is 0. The second-order valence-electron chi connectivity index (χ2n) is 5.00. The van der Waals surface area contributed by atoms with Crippen molar-refractivity contribution >= 4 is 11.7 Å². The molecule has 0 bridgehead atoms. The van der Waals surface area contributed by atoms with Gasteiger partial charge in [0.2, 0.25) is 0 Å². The van der Waals surface area contributed by atoms with E-state index in [1.165, 1.54) is 6.07 Å². The third-order valence-electron chi connectivity index (χ3n) is 3.50. The molecule has 1 fully saturated rings. The van der Waals surface area contributed by atoms with Gasteiger partial charge < -0.3 is 19.3 Å². The fourth-order valence-corrected chi connectivity index (χ4v) is 2.43. The van der Waals surface area contributed by atoms with Crippen molar-refractivity contribution < 1.29 is 19.2 Å². The molecule has 6 heteroatoms. The Balaban J connectivity index is 2.02. The van der Waals surface area contributed by atoms with Crippen LogP contribution in [0.3, 0.4) is 0 Å². The van der Waals surface area contributed by atoms with Crippen LogP contribution in [-0.4, -0.2) is 42.5 Å². The van der Waals surface area contributed by atoms with Gasteiger partial charge in [-0.2, -0.15) is 0 Å². The number of carbonyl (C=O) groups is 1. The molecular formula is C15H16N2O4. The monoisotopic (exact) mass is 288 g/mol. The number of aryl methyl sites for hydroxylation is 1. The molecule has 1 saturated heterocycles. The molecule has 3 rings (SSSR count). The van der Waals surface area contributed by atoms with Crippen molar-refractivity contribution in [3.05, 3.63) is 35.5 Å². The van der Waals surface area contributed by atoms with E-state index in [2.05, 4.69) is 10.1 Å². The predicted octanol–water partition coefficient (Wildman–Crippen LogP) is 2.18. The normalized spacial score (nSPS) is 15.2. The van der Waals surface area contributed by atoms with E-state index in [0.717, 1.165) is 29.9 Å². The van der Waals surface area contributed by atoms with Crippen molar-refractivity contribution in [3.8, 4) is 11.3 Å². The molecule has 0 atom stereocenters. The predicted molar refractivity (Wildman–Crippen MR) is 76.7 cm³/mol. The van der Waals surface area contributed by atoms with E-state index in [-0.39, 0.29) is 5.69 Å². The van der Waals surface area contributed by atoms with Crippen LogP contribution >= 0.6 is 0 Å². The molecule has 0 amide bonds. The molecule has 0 unspecified atom stereocenters. The van der Waals surface area contributed by atoms with E-state index in [4.69, 9.17) is 14.4 Å². The van der Waals surface area contributed by atoms with Gasteiger partial charge in [-0.1, -0.05) is 16.8 Å². The Morgan fingerprint density at radius 3 is 2.71 bits per heavy atom. The number of nitrogens with zero attached hydrogens (tertiary/aromatic N) is 2. The lowest BCUT2D eigenvalue weighted by Gasteiger charge is -2.30. The third-order valence-corrected chi connectivity index (χ3v) is 3.50. The number of hydrogen-bond donors (Lipinski definition) is 1. The fourth-order valence-electron chi connectivity index (χ4n) is 2.43. The molecule has 1 aliphatic rings. The van der Waals surface area contributed by atoms with E-state index in [0.29, 0.717) is 19.0 Å². The molecule has 6 nitrogen and oxygen atoms in total. The first-order chi connectivity index (χ1) is 10.1. The molecule has 0 aliphatic carbocycles. The number of benzene rings is 1. The van der Waals surface area contributed by atoms with Crippen LogP contribution in [0.5, 0.6) is 0 Å². The molecule has 1 aromatic carbocycles. The number of rotatable bonds is 3. The Kier molecular flexibility index (Phi) is 3.62. The largest absolute Gasteiger partial charge is 0.476 e. The minimum absolute atomic E-state index is 0.0839. The average molecular weight is 288 g/mol. The van der Waals surface area contributed by atoms with Crippen molar-refractivity contribution in [1.29, 1.82) is 0 Å². The number of aromatic nitrogens is 1. The summed E-state index contributed by atoms with van der Waals surface area (Å²) < 4.78 is 10.6. The van der Waals surface area contributed by atoms with Gasteiger partial charge in [0, 0.05) is 30.4 Å². The summed E-state index contributed by atoms with van der Waals surface area (Å²) in [6, 6.07) is 7.50. The van der Waals surface area contributed by atoms with Crippen molar-refractivity contribution in [2.75, 3.05) is 31.2 Å². The van der Waals surface area contributed by atoms with E-state index in [1.807, 2.05) is 25.1 Å². The molecule has 1 aromatic heterocycles. The summed E-state index contributed by atoms with van der Waals surface area (Å²) in [5.41, 5.74) is 2.86. The first-order valence-corrected chi connectivity index (χ1v) is 6.79. The van der Waals surface area contributed by atoms with Crippen molar-refractivity contribution in [3.63, 3.8) is 0 Å². The second-order valence-corrected chi connectivity index (χ2v) is 5.00. The number of carboxylic acid groups (broad SMARTS) is 1. The Morgan fingerprint density at radius 2 is 2.05 bits per heavy atom. The lowest BCUT2D eigenvalue weighted by Crippen LogP contribution is -2.36.